The van der Waals surface area contributed by atoms with Crippen molar-refractivity contribution in [3.05, 3.63) is 48.6 Å². The molecular formula is C24H31NO7. The van der Waals surface area contributed by atoms with Crippen LogP contribution in [0.3, 0.4) is 0 Å². The number of imide groups is 1. The average Bonchev–Trinajstić information content (AvgIpc) is 3.38. The van der Waals surface area contributed by atoms with Crippen molar-refractivity contribution in [2.45, 2.75) is 69.5 Å². The summed E-state index contributed by atoms with van der Waals surface area (Å²) in [5.74, 6) is -1.55. The van der Waals surface area contributed by atoms with Gasteiger partial charge in [0, 0.05) is 13.0 Å². The molecular weight excluding hydrogens is 414 g/mol. The Kier molecular flexibility index (Phi) is 6.67. The van der Waals surface area contributed by atoms with E-state index in [-0.39, 0.29) is 30.8 Å². The lowest BCUT2D eigenvalue weighted by Crippen LogP contribution is -2.45. The van der Waals surface area contributed by atoms with Crippen molar-refractivity contribution in [3.63, 3.8) is 0 Å². The number of allylic oxidation sites excluding steroid dienone is 1. The maximum atomic E-state index is 13.5. The van der Waals surface area contributed by atoms with E-state index in [1.54, 1.807) is 13.2 Å². The monoisotopic (exact) mass is 445 g/mol. The Bertz CT molecular complexity index is 842. The first kappa shape index (κ1) is 22.9. The first-order chi connectivity index (χ1) is 15.3. The topological polar surface area (TPSA) is 83.5 Å². The molecule has 8 heteroatoms. The van der Waals surface area contributed by atoms with Crippen molar-refractivity contribution in [2.75, 3.05) is 13.7 Å². The molecule has 3 heterocycles. The zero-order valence-corrected chi connectivity index (χ0v) is 18.8. The zero-order chi connectivity index (χ0) is 22.9. The van der Waals surface area contributed by atoms with Crippen LogP contribution in [-0.2, 0) is 34.9 Å². The fourth-order valence-electron chi connectivity index (χ4n) is 4.76. The summed E-state index contributed by atoms with van der Waals surface area (Å²) in [7, 11) is 1.56. The predicted octanol–water partition coefficient (Wildman–Crippen LogP) is 3.05. The number of hydrogen-bond donors (Lipinski definition) is 0. The van der Waals surface area contributed by atoms with E-state index in [1.165, 1.54) is 4.90 Å². The van der Waals surface area contributed by atoms with E-state index in [9.17, 15) is 9.59 Å². The number of ether oxygens (including phenoxy) is 5. The van der Waals surface area contributed by atoms with E-state index in [2.05, 4.69) is 6.58 Å². The lowest BCUT2D eigenvalue weighted by molar-refractivity contribution is -0.228. The van der Waals surface area contributed by atoms with Crippen molar-refractivity contribution in [2.24, 2.45) is 5.92 Å². The summed E-state index contributed by atoms with van der Waals surface area (Å²) in [6.07, 6.45) is 0.662. The van der Waals surface area contributed by atoms with Crippen LogP contribution in [0.5, 0.6) is 0 Å². The summed E-state index contributed by atoms with van der Waals surface area (Å²) in [6.45, 7) is 7.67. The highest BCUT2D eigenvalue weighted by Crippen LogP contribution is 2.41. The molecule has 0 N–H and O–H groups in total. The molecule has 6 atom stereocenters. The molecule has 1 aromatic carbocycles. The third kappa shape index (κ3) is 4.59. The van der Waals surface area contributed by atoms with Gasteiger partial charge in [-0.25, -0.2) is 9.69 Å². The number of fused-ring (bicyclic) bond motifs is 1. The van der Waals surface area contributed by atoms with E-state index in [4.69, 9.17) is 23.7 Å². The summed E-state index contributed by atoms with van der Waals surface area (Å²) in [6, 6.07) is 9.40. The number of rotatable bonds is 8. The largest absolute Gasteiger partial charge is 0.447 e. The molecule has 3 fully saturated rings. The minimum absolute atomic E-state index is 0.182. The van der Waals surface area contributed by atoms with Gasteiger partial charge < -0.3 is 23.7 Å². The zero-order valence-electron chi connectivity index (χ0n) is 18.8. The normalized spacial score (nSPS) is 31.9. The van der Waals surface area contributed by atoms with Gasteiger partial charge in [-0.05, 0) is 38.7 Å². The highest BCUT2D eigenvalue weighted by molar-refractivity contribution is 5.95. The fourth-order valence-corrected chi connectivity index (χ4v) is 4.76. The van der Waals surface area contributed by atoms with Crippen LogP contribution in [0, 0.1) is 5.92 Å². The number of cyclic esters (lactones) is 1. The van der Waals surface area contributed by atoms with Gasteiger partial charge >= 0.3 is 6.09 Å². The Morgan fingerprint density at radius 3 is 2.69 bits per heavy atom. The van der Waals surface area contributed by atoms with Gasteiger partial charge in [-0.1, -0.05) is 36.4 Å². The van der Waals surface area contributed by atoms with Crippen LogP contribution in [0.2, 0.25) is 0 Å². The highest BCUT2D eigenvalue weighted by Gasteiger charge is 2.56. The lowest BCUT2D eigenvalue weighted by atomic mass is 9.92. The van der Waals surface area contributed by atoms with Gasteiger partial charge in [0.15, 0.2) is 12.1 Å². The first-order valence-electron chi connectivity index (χ1n) is 11.0. The Balaban J connectivity index is 1.49. The number of benzene rings is 1. The molecule has 174 valence electrons. The summed E-state index contributed by atoms with van der Waals surface area (Å²) >= 11 is 0. The maximum absolute atomic E-state index is 13.5. The molecule has 0 aromatic heterocycles. The molecule has 0 bridgehead atoms. The van der Waals surface area contributed by atoms with Crippen molar-refractivity contribution in [1.29, 1.82) is 0 Å². The van der Waals surface area contributed by atoms with Crippen LogP contribution in [-0.4, -0.2) is 67.0 Å². The molecule has 4 rings (SSSR count). The van der Waals surface area contributed by atoms with E-state index in [0.29, 0.717) is 19.3 Å². The van der Waals surface area contributed by atoms with Gasteiger partial charge in [-0.15, -0.1) is 6.58 Å². The van der Waals surface area contributed by atoms with Gasteiger partial charge in [0.05, 0.1) is 12.1 Å². The van der Waals surface area contributed by atoms with Gasteiger partial charge in [-0.2, -0.15) is 0 Å². The quantitative estimate of drug-likeness (QED) is 0.569. The average molecular weight is 446 g/mol. The van der Waals surface area contributed by atoms with Crippen LogP contribution in [0.4, 0.5) is 4.79 Å². The standard InChI is InChI=1S/C24H31NO7/c1-5-9-16(13-18-19-20(22(28-4)30-18)32-24(2,3)31-19)21(26)25-17(14-29-23(25)27)12-15-10-7-6-8-11-15/h5-8,10-11,16-20,22H,1,9,12-14H2,2-4H3/t16-,17-,18+,19?,20?,22+/m0/s1. The molecule has 32 heavy (non-hydrogen) atoms. The van der Waals surface area contributed by atoms with Gasteiger partial charge in [0.1, 0.15) is 18.8 Å². The number of carbonyl (C=O) groups excluding carboxylic acids is 2. The Morgan fingerprint density at radius 2 is 2.00 bits per heavy atom. The van der Waals surface area contributed by atoms with E-state index < -0.39 is 30.2 Å². The number of carbonyl (C=O) groups is 2. The summed E-state index contributed by atoms with van der Waals surface area (Å²) < 4.78 is 28.7. The molecule has 1 aromatic rings. The SMILES string of the molecule is C=CC[C@@H](C[C@H]1O[C@@H](OC)C2OC(C)(C)OC21)C(=O)N1C(=O)OC[C@@H]1Cc1ccccc1. The number of nitrogens with zero attached hydrogens (tertiary/aromatic N) is 1. The minimum Gasteiger partial charge on any atom is -0.447 e. The third-order valence-electron chi connectivity index (χ3n) is 6.17. The number of amides is 2. The van der Waals surface area contributed by atoms with E-state index >= 15 is 0 Å². The molecule has 0 spiro atoms. The lowest BCUT2D eigenvalue weighted by Gasteiger charge is -2.28. The Morgan fingerprint density at radius 1 is 1.28 bits per heavy atom. The number of methoxy groups -OCH3 is 1. The van der Waals surface area contributed by atoms with E-state index in [0.717, 1.165) is 5.56 Å². The minimum atomic E-state index is -0.758. The third-order valence-corrected chi connectivity index (χ3v) is 6.17. The summed E-state index contributed by atoms with van der Waals surface area (Å²) in [5.41, 5.74) is 1.04. The molecule has 2 amide bonds. The van der Waals surface area contributed by atoms with Crippen LogP contribution < -0.4 is 0 Å². The van der Waals surface area contributed by atoms with Crippen LogP contribution in [0.15, 0.2) is 43.0 Å². The predicted molar refractivity (Wildman–Crippen MR) is 115 cm³/mol. The second-order valence-corrected chi connectivity index (χ2v) is 8.93. The molecule has 8 nitrogen and oxygen atoms in total. The van der Waals surface area contributed by atoms with Crippen LogP contribution in [0.25, 0.3) is 0 Å². The van der Waals surface area contributed by atoms with Crippen molar-refractivity contribution in [3.8, 4) is 0 Å². The molecule has 3 saturated heterocycles. The maximum Gasteiger partial charge on any atom is 0.416 e. The smallest absolute Gasteiger partial charge is 0.416 e. The molecule has 0 radical (unpaired) electrons. The summed E-state index contributed by atoms with van der Waals surface area (Å²) in [5, 5.41) is 0. The Labute approximate surface area is 188 Å². The summed E-state index contributed by atoms with van der Waals surface area (Å²) in [4.78, 5) is 27.3. The van der Waals surface area contributed by atoms with Gasteiger partial charge in [0.2, 0.25) is 5.91 Å². The van der Waals surface area contributed by atoms with Crippen LogP contribution in [0.1, 0.15) is 32.3 Å². The molecule has 0 saturated carbocycles. The first-order valence-corrected chi connectivity index (χ1v) is 11.0. The Hall–Kier alpha value is -2.26. The van der Waals surface area contributed by atoms with Gasteiger partial charge in [0.25, 0.3) is 0 Å². The van der Waals surface area contributed by atoms with Crippen molar-refractivity contribution < 1.29 is 33.3 Å². The molecule has 2 unspecified atom stereocenters. The fraction of sp³-hybridized carbons (Fsp3) is 0.583. The van der Waals surface area contributed by atoms with Crippen LogP contribution >= 0.6 is 0 Å². The second-order valence-electron chi connectivity index (χ2n) is 8.93. The van der Waals surface area contributed by atoms with E-state index in [1.807, 2.05) is 44.2 Å². The van der Waals surface area contributed by atoms with Crippen molar-refractivity contribution >= 4 is 12.0 Å². The molecule has 3 aliphatic rings. The second kappa shape index (κ2) is 9.31. The van der Waals surface area contributed by atoms with Gasteiger partial charge in [-0.3, -0.25) is 4.79 Å². The number of hydrogen-bond acceptors (Lipinski definition) is 7. The molecule has 3 aliphatic heterocycles. The molecule has 0 aliphatic carbocycles. The highest BCUT2D eigenvalue weighted by atomic mass is 16.8. The van der Waals surface area contributed by atoms with Crippen molar-refractivity contribution in [1.82, 2.24) is 4.90 Å².